The van der Waals surface area contributed by atoms with Gasteiger partial charge < -0.3 is 43.9 Å². The van der Waals surface area contributed by atoms with Gasteiger partial charge >= 0.3 is 6.16 Å². The summed E-state index contributed by atoms with van der Waals surface area (Å²) < 4.78 is 28.0. The number of piperidine rings is 1. The molecule has 2 saturated heterocycles. The number of likely N-dealkylation sites (N-methyl/N-ethyl adjacent to an activating group) is 1. The summed E-state index contributed by atoms with van der Waals surface area (Å²) in [5, 5.41) is 29.0. The largest absolute Gasteiger partial charge is 0.513 e. The normalized spacial score (nSPS) is 41.3. The highest BCUT2D eigenvalue weighted by Crippen LogP contribution is 2.62. The second kappa shape index (κ2) is 7.82. The van der Waals surface area contributed by atoms with Crippen LogP contribution in [-0.4, -0.2) is 85.5 Å². The van der Waals surface area contributed by atoms with Crippen LogP contribution in [0.4, 0.5) is 4.79 Å². The van der Waals surface area contributed by atoms with E-state index >= 15 is 0 Å². The fourth-order valence-corrected chi connectivity index (χ4v) is 6.86. The van der Waals surface area contributed by atoms with E-state index in [0.717, 1.165) is 31.6 Å². The van der Waals surface area contributed by atoms with Crippen LogP contribution < -0.4 is 14.4 Å². The predicted molar refractivity (Wildman–Crippen MR) is 114 cm³/mol. The third kappa shape index (κ3) is 2.96. The summed E-state index contributed by atoms with van der Waals surface area (Å²) in [7, 11) is 3.87. The molecule has 0 amide bonds. The van der Waals surface area contributed by atoms with Gasteiger partial charge in [-0.25, -0.2) is 4.79 Å². The van der Waals surface area contributed by atoms with Crippen molar-refractivity contribution in [1.29, 1.82) is 0 Å². The minimum atomic E-state index is -1.53. The highest BCUT2D eigenvalue weighted by molar-refractivity contribution is 5.65. The summed E-state index contributed by atoms with van der Waals surface area (Å²) >= 11 is 0. The standard InChI is InChI=1S/C24H29NO9/c1-25-8-7-24-12-4-6-15(33-23(29)31-10-16-18(26)19(27)22(28)32-16)21(24)34-20-14(30-2)5-3-11(17(20)24)9-13(12)25/h3,5-6,12-13,16,18-19,21-22,26-28H,4,7-10H2,1-2H3/p+1/t12?,13-,16-,18?,19+,21?,22-,24+/m1/s1. The minimum absolute atomic E-state index is 0.287. The van der Waals surface area contributed by atoms with Gasteiger partial charge in [-0.15, -0.1) is 0 Å². The zero-order valence-corrected chi connectivity index (χ0v) is 19.1. The van der Waals surface area contributed by atoms with Gasteiger partial charge in [-0.2, -0.15) is 0 Å². The lowest BCUT2D eigenvalue weighted by atomic mass is 9.53. The molecule has 184 valence electrons. The van der Waals surface area contributed by atoms with Crippen LogP contribution in [0.25, 0.3) is 0 Å². The molecule has 0 radical (unpaired) electrons. The van der Waals surface area contributed by atoms with Crippen molar-refractivity contribution < 1.29 is 48.7 Å². The van der Waals surface area contributed by atoms with E-state index in [-0.39, 0.29) is 12.0 Å². The van der Waals surface area contributed by atoms with Gasteiger partial charge in [0.25, 0.3) is 0 Å². The molecule has 6 rings (SSSR count). The summed E-state index contributed by atoms with van der Waals surface area (Å²) in [4.78, 5) is 14.1. The van der Waals surface area contributed by atoms with Gasteiger partial charge in [-0.05, 0) is 24.1 Å². The van der Waals surface area contributed by atoms with Crippen molar-refractivity contribution in [3.05, 3.63) is 35.1 Å². The molecule has 9 atom stereocenters. The van der Waals surface area contributed by atoms with Crippen molar-refractivity contribution in [2.75, 3.05) is 27.3 Å². The molecule has 2 bridgehead atoms. The molecule has 3 heterocycles. The lowest BCUT2D eigenvalue weighted by molar-refractivity contribution is -0.918. The summed E-state index contributed by atoms with van der Waals surface area (Å²) in [5.41, 5.74) is 2.18. The molecule has 3 aliphatic heterocycles. The van der Waals surface area contributed by atoms with E-state index in [4.69, 9.17) is 23.7 Å². The number of methoxy groups -OCH3 is 1. The van der Waals surface area contributed by atoms with E-state index in [2.05, 4.69) is 13.1 Å². The number of hydrogen-bond acceptors (Lipinski definition) is 9. The van der Waals surface area contributed by atoms with Crippen LogP contribution in [0, 0.1) is 5.92 Å². The number of allylic oxidation sites excluding steroid dienone is 1. The zero-order chi connectivity index (χ0) is 23.8. The van der Waals surface area contributed by atoms with Gasteiger partial charge in [0, 0.05) is 24.3 Å². The van der Waals surface area contributed by atoms with Gasteiger partial charge in [-0.3, -0.25) is 0 Å². The smallest absolute Gasteiger partial charge is 0.493 e. The SMILES string of the molecule is COc1ccc2c3c1OC1C(OC(=O)OC[C@H]4O[C@@H](O)[C@@H](O)C4O)=CCC4[C@@H](C2)[NH+](C)CC[C@]314. The van der Waals surface area contributed by atoms with E-state index in [1.54, 1.807) is 7.11 Å². The topological polar surface area (TPSA) is 128 Å². The van der Waals surface area contributed by atoms with Crippen LogP contribution in [0.2, 0.25) is 0 Å². The van der Waals surface area contributed by atoms with Crippen molar-refractivity contribution in [2.45, 2.75) is 61.4 Å². The van der Waals surface area contributed by atoms with Crippen molar-refractivity contribution in [1.82, 2.24) is 0 Å². The molecule has 0 saturated carbocycles. The molecule has 1 aromatic carbocycles. The van der Waals surface area contributed by atoms with Gasteiger partial charge in [0.1, 0.15) is 30.7 Å². The minimum Gasteiger partial charge on any atom is -0.493 e. The molecular weight excluding hydrogens is 446 g/mol. The third-order valence-corrected chi connectivity index (χ3v) is 8.49. The maximum absolute atomic E-state index is 12.6. The molecule has 4 unspecified atom stereocenters. The summed E-state index contributed by atoms with van der Waals surface area (Å²) in [6.45, 7) is 0.630. The first kappa shape index (κ1) is 22.1. The van der Waals surface area contributed by atoms with Crippen LogP contribution in [-0.2, 0) is 26.0 Å². The van der Waals surface area contributed by atoms with E-state index in [1.807, 2.05) is 12.1 Å². The van der Waals surface area contributed by atoms with Gasteiger partial charge in [0.05, 0.1) is 32.2 Å². The third-order valence-electron chi connectivity index (χ3n) is 8.49. The van der Waals surface area contributed by atoms with Crippen LogP contribution in [0.3, 0.4) is 0 Å². The summed E-state index contributed by atoms with van der Waals surface area (Å²) in [5.74, 6) is 2.19. The Balaban J connectivity index is 1.26. The van der Waals surface area contributed by atoms with Crippen LogP contribution in [0.1, 0.15) is 24.0 Å². The summed E-state index contributed by atoms with van der Waals surface area (Å²) in [6.07, 6.45) is -2.23. The molecule has 1 spiro atoms. The number of rotatable bonds is 4. The van der Waals surface area contributed by atoms with Gasteiger partial charge in [0.2, 0.25) is 0 Å². The zero-order valence-electron chi connectivity index (χ0n) is 19.1. The first-order valence-corrected chi connectivity index (χ1v) is 11.8. The Morgan fingerprint density at radius 2 is 2.09 bits per heavy atom. The summed E-state index contributed by atoms with van der Waals surface area (Å²) in [6, 6.07) is 4.53. The first-order chi connectivity index (χ1) is 16.3. The molecule has 2 fully saturated rings. The number of hydrogen-bond donors (Lipinski definition) is 4. The Hall–Kier alpha value is -2.37. The van der Waals surface area contributed by atoms with Crippen molar-refractivity contribution in [3.8, 4) is 11.5 Å². The molecule has 34 heavy (non-hydrogen) atoms. The molecular formula is C24H30NO9+. The van der Waals surface area contributed by atoms with Gasteiger partial charge in [0.15, 0.2) is 23.9 Å². The Kier molecular flexibility index (Phi) is 5.09. The van der Waals surface area contributed by atoms with Crippen LogP contribution in [0.15, 0.2) is 24.0 Å². The molecule has 10 heteroatoms. The number of aliphatic hydroxyl groups excluding tert-OH is 3. The van der Waals surface area contributed by atoms with E-state index in [1.165, 1.54) is 16.0 Å². The number of aliphatic hydroxyl groups is 3. The van der Waals surface area contributed by atoms with Crippen molar-refractivity contribution in [3.63, 3.8) is 0 Å². The highest BCUT2D eigenvalue weighted by atomic mass is 16.7. The number of quaternary nitrogens is 1. The average Bonchev–Trinajstić information content (AvgIpc) is 3.30. The molecule has 1 aromatic rings. The predicted octanol–water partition coefficient (Wildman–Crippen LogP) is -0.967. The molecule has 5 aliphatic rings. The fourth-order valence-electron chi connectivity index (χ4n) is 6.86. The molecule has 4 N–H and O–H groups in total. The Bertz CT molecular complexity index is 1040. The van der Waals surface area contributed by atoms with Crippen molar-refractivity contribution >= 4 is 6.16 Å². The molecule has 2 aliphatic carbocycles. The number of ether oxygens (including phenoxy) is 5. The van der Waals surface area contributed by atoms with Crippen molar-refractivity contribution in [2.24, 2.45) is 5.92 Å². The number of likely N-dealkylation sites (tertiary alicyclic amines) is 1. The molecule has 0 aromatic heterocycles. The highest BCUT2D eigenvalue weighted by Gasteiger charge is 2.66. The fraction of sp³-hybridized carbons (Fsp3) is 0.625. The Morgan fingerprint density at radius 3 is 2.82 bits per heavy atom. The van der Waals surface area contributed by atoms with E-state index in [0.29, 0.717) is 23.5 Å². The van der Waals surface area contributed by atoms with Gasteiger partial charge in [-0.1, -0.05) is 6.07 Å². The Labute approximate surface area is 196 Å². The van der Waals surface area contributed by atoms with Crippen LogP contribution >= 0.6 is 0 Å². The second-order valence-corrected chi connectivity index (χ2v) is 9.98. The van der Waals surface area contributed by atoms with E-state index < -0.39 is 36.9 Å². The lowest BCUT2D eigenvalue weighted by Crippen LogP contribution is -3.16. The monoisotopic (exact) mass is 476 g/mol. The second-order valence-electron chi connectivity index (χ2n) is 9.98. The van der Waals surface area contributed by atoms with E-state index in [9.17, 15) is 20.1 Å². The maximum Gasteiger partial charge on any atom is 0.513 e. The number of nitrogens with one attached hydrogen (secondary N) is 1. The lowest BCUT2D eigenvalue weighted by Gasteiger charge is -2.54. The number of benzene rings is 1. The number of carbonyl (C=O) groups excluding carboxylic acids is 1. The van der Waals surface area contributed by atoms with Crippen LogP contribution in [0.5, 0.6) is 11.5 Å². The Morgan fingerprint density at radius 1 is 1.26 bits per heavy atom. The number of carbonyl (C=O) groups is 1. The first-order valence-electron chi connectivity index (χ1n) is 11.8. The maximum atomic E-state index is 12.6. The average molecular weight is 477 g/mol. The quantitative estimate of drug-likeness (QED) is 0.406. The molecule has 10 nitrogen and oxygen atoms in total.